The Bertz CT molecular complexity index is 794. The monoisotopic (exact) mass is 398 g/mol. The summed E-state index contributed by atoms with van der Waals surface area (Å²) >= 11 is 1.84. The van der Waals surface area contributed by atoms with Crippen LogP contribution in [0.1, 0.15) is 54.1 Å². The van der Waals surface area contributed by atoms with Crippen LogP contribution in [0.25, 0.3) is 5.57 Å². The number of hydrogen-bond acceptors (Lipinski definition) is 4. The summed E-state index contributed by atoms with van der Waals surface area (Å²) in [6.45, 7) is 6.95. The molecule has 0 unspecified atom stereocenters. The molecule has 1 fully saturated rings. The van der Waals surface area contributed by atoms with Crippen molar-refractivity contribution in [2.24, 2.45) is 0 Å². The number of piperazine rings is 1. The standard InChI is InChI=1S/C23H30N2O2S/c1-2-3-4-8-24-9-11-25(12-10-24)23(27)18-6-5-17-15-22(26)21-16-28-13-7-19(21)20(17)14-18/h5-6,14H,2-4,7-13,15-16H2,1H3. The van der Waals surface area contributed by atoms with Crippen LogP contribution < -0.4 is 0 Å². The van der Waals surface area contributed by atoms with E-state index in [1.54, 1.807) is 0 Å². The normalized spacial score (nSPS) is 20.2. The first kappa shape index (κ1) is 19.7. The summed E-state index contributed by atoms with van der Waals surface area (Å²) in [5.74, 6) is 2.29. The third-order valence-corrected chi connectivity index (χ3v) is 7.20. The number of nitrogens with zero attached hydrogens (tertiary/aromatic N) is 2. The average Bonchev–Trinajstić information content (AvgIpc) is 2.74. The molecule has 2 heterocycles. The fourth-order valence-corrected chi connectivity index (χ4v) is 5.53. The molecule has 4 rings (SSSR count). The van der Waals surface area contributed by atoms with Crippen molar-refractivity contribution in [1.29, 1.82) is 0 Å². The molecule has 0 aromatic heterocycles. The van der Waals surface area contributed by atoms with Gasteiger partial charge in [0, 0.05) is 49.5 Å². The number of benzene rings is 1. The van der Waals surface area contributed by atoms with Crippen LogP contribution >= 0.6 is 11.8 Å². The Balaban J connectivity index is 1.46. The van der Waals surface area contributed by atoms with Gasteiger partial charge >= 0.3 is 0 Å². The lowest BCUT2D eigenvalue weighted by atomic mass is 9.83. The quantitative estimate of drug-likeness (QED) is 0.710. The van der Waals surface area contributed by atoms with Crippen molar-refractivity contribution in [2.75, 3.05) is 44.2 Å². The van der Waals surface area contributed by atoms with Gasteiger partial charge in [0.1, 0.15) is 0 Å². The summed E-state index contributed by atoms with van der Waals surface area (Å²) in [4.78, 5) is 30.0. The van der Waals surface area contributed by atoms with Gasteiger partial charge in [-0.25, -0.2) is 0 Å². The maximum absolute atomic E-state index is 13.1. The number of hydrogen-bond donors (Lipinski definition) is 0. The Hall–Kier alpha value is -1.59. The molecular weight excluding hydrogens is 368 g/mol. The number of Topliss-reactive ketones (excluding diaryl/α,β-unsaturated/α-hetero) is 1. The molecule has 2 aliphatic heterocycles. The zero-order valence-electron chi connectivity index (χ0n) is 16.8. The predicted molar refractivity (Wildman–Crippen MR) is 116 cm³/mol. The van der Waals surface area contributed by atoms with Crippen molar-refractivity contribution in [3.63, 3.8) is 0 Å². The summed E-state index contributed by atoms with van der Waals surface area (Å²) in [5, 5.41) is 0. The molecule has 3 aliphatic rings. The zero-order chi connectivity index (χ0) is 19.5. The number of unbranched alkanes of at least 4 members (excludes halogenated alkanes) is 2. The van der Waals surface area contributed by atoms with Crippen LogP contribution in [0.4, 0.5) is 0 Å². The van der Waals surface area contributed by atoms with Crippen molar-refractivity contribution in [2.45, 2.75) is 39.0 Å². The van der Waals surface area contributed by atoms with Crippen molar-refractivity contribution in [1.82, 2.24) is 9.80 Å². The molecule has 0 atom stereocenters. The first-order valence-electron chi connectivity index (χ1n) is 10.6. The number of amides is 1. The molecule has 1 saturated heterocycles. The molecule has 1 aliphatic carbocycles. The Labute approximate surface area is 172 Å². The predicted octanol–water partition coefficient (Wildman–Crippen LogP) is 3.65. The summed E-state index contributed by atoms with van der Waals surface area (Å²) in [7, 11) is 0. The van der Waals surface area contributed by atoms with Gasteiger partial charge in [-0.3, -0.25) is 14.5 Å². The third kappa shape index (κ3) is 4.06. The molecule has 5 heteroatoms. The lowest BCUT2D eigenvalue weighted by Gasteiger charge is -2.35. The Morgan fingerprint density at radius 2 is 1.93 bits per heavy atom. The summed E-state index contributed by atoms with van der Waals surface area (Å²) in [6, 6.07) is 5.99. The van der Waals surface area contributed by atoms with Gasteiger partial charge in [0.15, 0.2) is 5.78 Å². The van der Waals surface area contributed by atoms with Gasteiger partial charge in [0.05, 0.1) is 0 Å². The van der Waals surface area contributed by atoms with Crippen molar-refractivity contribution < 1.29 is 9.59 Å². The van der Waals surface area contributed by atoms with Gasteiger partial charge in [-0.15, -0.1) is 0 Å². The minimum Gasteiger partial charge on any atom is -0.336 e. The van der Waals surface area contributed by atoms with Gasteiger partial charge in [0.25, 0.3) is 5.91 Å². The van der Waals surface area contributed by atoms with E-state index < -0.39 is 0 Å². The molecule has 0 radical (unpaired) electrons. The number of ketones is 1. The molecule has 28 heavy (non-hydrogen) atoms. The second kappa shape index (κ2) is 8.83. The molecule has 0 saturated carbocycles. The minimum atomic E-state index is 0.139. The molecule has 4 nitrogen and oxygen atoms in total. The zero-order valence-corrected chi connectivity index (χ0v) is 17.7. The average molecular weight is 399 g/mol. The van der Waals surface area contributed by atoms with Gasteiger partial charge in [-0.05, 0) is 54.0 Å². The largest absolute Gasteiger partial charge is 0.336 e. The second-order valence-electron chi connectivity index (χ2n) is 8.07. The number of carbonyl (C=O) groups excluding carboxylic acids is 2. The highest BCUT2D eigenvalue weighted by Gasteiger charge is 2.29. The first-order chi connectivity index (χ1) is 13.7. The van der Waals surface area contributed by atoms with Crippen molar-refractivity contribution in [3.05, 3.63) is 40.5 Å². The van der Waals surface area contributed by atoms with E-state index >= 15 is 0 Å². The third-order valence-electron chi connectivity index (χ3n) is 6.21. The number of fused-ring (bicyclic) bond motifs is 2. The van der Waals surface area contributed by atoms with Crippen LogP contribution in [-0.2, 0) is 11.2 Å². The Kier molecular flexibility index (Phi) is 6.22. The first-order valence-corrected chi connectivity index (χ1v) is 11.8. The van der Waals surface area contributed by atoms with Crippen LogP contribution in [0.15, 0.2) is 23.8 Å². The summed E-state index contributed by atoms with van der Waals surface area (Å²) in [6.07, 6.45) is 5.21. The highest BCUT2D eigenvalue weighted by molar-refractivity contribution is 7.99. The highest BCUT2D eigenvalue weighted by Crippen LogP contribution is 2.38. The second-order valence-corrected chi connectivity index (χ2v) is 9.18. The van der Waals surface area contributed by atoms with Crippen molar-refractivity contribution >= 4 is 29.0 Å². The minimum absolute atomic E-state index is 0.139. The molecule has 0 N–H and O–H groups in total. The van der Waals surface area contributed by atoms with Crippen molar-refractivity contribution in [3.8, 4) is 0 Å². The molecular formula is C23H30N2O2S. The number of thioether (sulfide) groups is 1. The van der Waals surface area contributed by atoms with E-state index in [4.69, 9.17) is 0 Å². The van der Waals surface area contributed by atoms with E-state index in [2.05, 4.69) is 17.9 Å². The number of carbonyl (C=O) groups is 2. The molecule has 1 aromatic rings. The molecule has 1 aromatic carbocycles. The van der Waals surface area contributed by atoms with E-state index in [1.165, 1.54) is 24.8 Å². The summed E-state index contributed by atoms with van der Waals surface area (Å²) < 4.78 is 0. The van der Waals surface area contributed by atoms with Gasteiger partial charge in [-0.2, -0.15) is 11.8 Å². The molecule has 150 valence electrons. The summed E-state index contributed by atoms with van der Waals surface area (Å²) in [5.41, 5.74) is 5.21. The van der Waals surface area contributed by atoms with Crippen LogP contribution in [0, 0.1) is 0 Å². The fraction of sp³-hybridized carbons (Fsp3) is 0.565. The fourth-order valence-electron chi connectivity index (χ4n) is 4.50. The smallest absolute Gasteiger partial charge is 0.253 e. The number of allylic oxidation sites excluding steroid dienone is 1. The van der Waals surface area contributed by atoms with Crippen LogP contribution in [-0.4, -0.2) is 65.7 Å². The number of rotatable bonds is 5. The van der Waals surface area contributed by atoms with Gasteiger partial charge < -0.3 is 4.90 Å². The lowest BCUT2D eigenvalue weighted by Crippen LogP contribution is -2.48. The SMILES string of the molecule is CCCCCN1CCN(C(=O)c2ccc3c(c2)C2=C(CSCC2)C(=O)C3)CC1. The van der Waals surface area contributed by atoms with E-state index in [0.29, 0.717) is 6.42 Å². The van der Waals surface area contributed by atoms with E-state index in [9.17, 15) is 9.59 Å². The molecule has 0 spiro atoms. The lowest BCUT2D eigenvalue weighted by molar-refractivity contribution is -0.114. The molecule has 0 bridgehead atoms. The molecule has 1 amide bonds. The van der Waals surface area contributed by atoms with E-state index in [-0.39, 0.29) is 11.7 Å². The van der Waals surface area contributed by atoms with Gasteiger partial charge in [0.2, 0.25) is 0 Å². The van der Waals surface area contributed by atoms with E-state index in [1.807, 2.05) is 28.8 Å². The van der Waals surface area contributed by atoms with Crippen LogP contribution in [0.3, 0.4) is 0 Å². The van der Waals surface area contributed by atoms with E-state index in [0.717, 1.165) is 72.9 Å². The van der Waals surface area contributed by atoms with Gasteiger partial charge in [-0.1, -0.05) is 25.8 Å². The van der Waals surface area contributed by atoms with Crippen LogP contribution in [0.2, 0.25) is 0 Å². The maximum atomic E-state index is 13.1. The highest BCUT2D eigenvalue weighted by atomic mass is 32.2. The van der Waals surface area contributed by atoms with Crippen LogP contribution in [0.5, 0.6) is 0 Å². The maximum Gasteiger partial charge on any atom is 0.253 e. The topological polar surface area (TPSA) is 40.6 Å². The Morgan fingerprint density at radius 3 is 2.71 bits per heavy atom. The Morgan fingerprint density at radius 1 is 1.11 bits per heavy atom.